The summed E-state index contributed by atoms with van der Waals surface area (Å²) in [5.41, 5.74) is 2.23. The molecule has 0 aliphatic rings. The van der Waals surface area contributed by atoms with E-state index >= 15 is 0 Å². The third-order valence-corrected chi connectivity index (χ3v) is 5.65. The van der Waals surface area contributed by atoms with Gasteiger partial charge in [-0.3, -0.25) is 9.78 Å². The number of anilines is 2. The lowest BCUT2D eigenvalue weighted by Crippen LogP contribution is -2.31. The highest BCUT2D eigenvalue weighted by molar-refractivity contribution is 6.32. The highest BCUT2D eigenvalue weighted by Gasteiger charge is 2.13. The first-order valence-electron chi connectivity index (χ1n) is 11.4. The highest BCUT2D eigenvalue weighted by atomic mass is 35.5. The molecule has 2 aromatic carbocycles. The Morgan fingerprint density at radius 3 is 2.72 bits per heavy atom. The summed E-state index contributed by atoms with van der Waals surface area (Å²) in [6.07, 6.45) is 3.27. The molecular weight excluding hydrogens is 482 g/mol. The number of carbonyl (C=O) groups is 1. The molecule has 2 aromatic heterocycles. The van der Waals surface area contributed by atoms with Crippen molar-refractivity contribution in [2.75, 3.05) is 32.1 Å². The van der Waals surface area contributed by atoms with Crippen LogP contribution < -0.4 is 14.8 Å². The number of ether oxygens (including phenoxy) is 2. The summed E-state index contributed by atoms with van der Waals surface area (Å²) < 4.78 is 11.8. The van der Waals surface area contributed by atoms with E-state index in [1.54, 1.807) is 25.4 Å². The number of halogens is 1. The first kappa shape index (κ1) is 25.2. The van der Waals surface area contributed by atoms with Crippen molar-refractivity contribution >= 4 is 39.9 Å². The molecule has 186 valence electrons. The fourth-order valence-electron chi connectivity index (χ4n) is 3.46. The topological polar surface area (TPSA) is 110 Å². The minimum Gasteiger partial charge on any atom is -0.491 e. The Kier molecular flexibility index (Phi) is 8.48. The molecule has 0 aliphatic heterocycles. The molecule has 36 heavy (non-hydrogen) atoms. The molecule has 4 rings (SSSR count). The Hall–Kier alpha value is -3.95. The Morgan fingerprint density at radius 2 is 1.94 bits per heavy atom. The molecule has 0 radical (unpaired) electrons. The number of nitrogens with one attached hydrogen (secondary N) is 1. The van der Waals surface area contributed by atoms with Crippen LogP contribution in [-0.2, 0) is 11.4 Å². The summed E-state index contributed by atoms with van der Waals surface area (Å²) in [4.78, 5) is 26.4. The predicted molar refractivity (Wildman–Crippen MR) is 138 cm³/mol. The number of likely N-dealkylation sites (N-methyl/N-ethyl adjacent to an activating group) is 1. The van der Waals surface area contributed by atoms with E-state index in [2.05, 4.69) is 20.3 Å². The fraction of sp³-hybridized carbons (Fsp3) is 0.231. The normalized spacial score (nSPS) is 10.8. The molecule has 0 saturated carbocycles. The third-order valence-electron chi connectivity index (χ3n) is 5.36. The van der Waals surface area contributed by atoms with Crippen molar-refractivity contribution in [3.05, 3.63) is 77.8 Å². The average molecular weight is 508 g/mol. The molecule has 2 heterocycles. The Labute approximate surface area is 213 Å². The van der Waals surface area contributed by atoms with Crippen molar-refractivity contribution in [1.29, 1.82) is 0 Å². The number of pyridine rings is 1. The van der Waals surface area contributed by atoms with Crippen LogP contribution in [-0.4, -0.2) is 57.7 Å². The molecule has 0 aliphatic carbocycles. The lowest BCUT2D eigenvalue weighted by atomic mass is 10.2. The highest BCUT2D eigenvalue weighted by Crippen LogP contribution is 2.34. The average Bonchev–Trinajstić information content (AvgIpc) is 2.89. The molecule has 0 saturated heterocycles. The van der Waals surface area contributed by atoms with Crippen molar-refractivity contribution in [3.63, 3.8) is 0 Å². The predicted octanol–water partition coefficient (Wildman–Crippen LogP) is 4.22. The van der Waals surface area contributed by atoms with Gasteiger partial charge in [-0.25, -0.2) is 9.97 Å². The molecule has 4 aromatic rings. The van der Waals surface area contributed by atoms with E-state index in [4.69, 9.17) is 26.2 Å². The molecule has 0 atom stereocenters. The third kappa shape index (κ3) is 6.38. The first-order chi connectivity index (χ1) is 17.5. The smallest absolute Gasteiger partial charge is 0.224 e. The summed E-state index contributed by atoms with van der Waals surface area (Å²) in [5.74, 6) is 1.54. The molecule has 2 N–H and O–H groups in total. The van der Waals surface area contributed by atoms with E-state index in [0.29, 0.717) is 52.1 Å². The van der Waals surface area contributed by atoms with Gasteiger partial charge in [0.15, 0.2) is 0 Å². The van der Waals surface area contributed by atoms with Gasteiger partial charge in [0.1, 0.15) is 36.9 Å². The number of aliphatic hydroxyl groups excluding tert-OH is 1. The van der Waals surface area contributed by atoms with Crippen LogP contribution in [0.4, 0.5) is 11.5 Å². The van der Waals surface area contributed by atoms with Crippen molar-refractivity contribution in [1.82, 2.24) is 19.9 Å². The maximum absolute atomic E-state index is 11.9. The zero-order chi connectivity index (χ0) is 25.3. The van der Waals surface area contributed by atoms with Crippen molar-refractivity contribution in [3.8, 4) is 11.5 Å². The second-order valence-electron chi connectivity index (χ2n) is 7.89. The SMILES string of the molecule is CN(CCOc1cccc2ncnc(Nc3ccc(OCc4ccccn4)c(Cl)c3)c12)C(=O)CCO. The van der Waals surface area contributed by atoms with Crippen LogP contribution in [0.1, 0.15) is 12.1 Å². The number of rotatable bonds is 11. The summed E-state index contributed by atoms with van der Waals surface area (Å²) >= 11 is 6.47. The monoisotopic (exact) mass is 507 g/mol. The van der Waals surface area contributed by atoms with Crippen molar-refractivity contribution < 1.29 is 19.4 Å². The van der Waals surface area contributed by atoms with Gasteiger partial charge in [-0.15, -0.1) is 0 Å². The van der Waals surface area contributed by atoms with Crippen LogP contribution in [0.25, 0.3) is 10.9 Å². The van der Waals surface area contributed by atoms with Gasteiger partial charge in [-0.1, -0.05) is 23.7 Å². The molecule has 9 nitrogen and oxygen atoms in total. The van der Waals surface area contributed by atoms with Crippen LogP contribution in [0.5, 0.6) is 11.5 Å². The molecule has 0 unspecified atom stereocenters. The number of amides is 1. The number of hydrogen-bond donors (Lipinski definition) is 2. The molecule has 0 spiro atoms. The number of benzene rings is 2. The Balaban J connectivity index is 1.47. The van der Waals surface area contributed by atoms with Gasteiger partial charge in [0.2, 0.25) is 5.91 Å². The lowest BCUT2D eigenvalue weighted by molar-refractivity contribution is -0.130. The number of fused-ring (bicyclic) bond motifs is 1. The standard InChI is InChI=1S/C26H26ClN5O4/c1-32(24(34)10-13-33)12-14-35-23-7-4-6-21-25(23)26(30-17-29-21)31-18-8-9-22(20(27)15-18)36-16-19-5-2-3-11-28-19/h2-9,11,15,17,33H,10,12-14,16H2,1H3,(H,29,30,31). The second-order valence-corrected chi connectivity index (χ2v) is 8.30. The van der Waals surface area contributed by atoms with Crippen LogP contribution >= 0.6 is 11.6 Å². The van der Waals surface area contributed by atoms with Crippen molar-refractivity contribution in [2.24, 2.45) is 0 Å². The van der Waals surface area contributed by atoms with Gasteiger partial charge in [-0.05, 0) is 42.5 Å². The van der Waals surface area contributed by atoms with Gasteiger partial charge in [-0.2, -0.15) is 0 Å². The number of hydrogen-bond acceptors (Lipinski definition) is 8. The molecule has 10 heteroatoms. The minimum absolute atomic E-state index is 0.0855. The molecule has 0 fully saturated rings. The number of aliphatic hydroxyl groups is 1. The van der Waals surface area contributed by atoms with E-state index in [0.717, 1.165) is 5.69 Å². The molecule has 0 bridgehead atoms. The van der Waals surface area contributed by atoms with Gasteiger partial charge in [0.05, 0.1) is 34.8 Å². The number of aromatic nitrogens is 3. The molecular formula is C26H26ClN5O4. The van der Waals surface area contributed by atoms with Crippen LogP contribution in [0, 0.1) is 0 Å². The Bertz CT molecular complexity index is 1320. The maximum Gasteiger partial charge on any atom is 0.224 e. The molecule has 1 amide bonds. The summed E-state index contributed by atoms with van der Waals surface area (Å²) in [5, 5.41) is 13.4. The van der Waals surface area contributed by atoms with Gasteiger partial charge >= 0.3 is 0 Å². The van der Waals surface area contributed by atoms with Gasteiger partial charge in [0.25, 0.3) is 0 Å². The second kappa shape index (κ2) is 12.1. The van der Waals surface area contributed by atoms with E-state index < -0.39 is 0 Å². The van der Waals surface area contributed by atoms with Gasteiger partial charge < -0.3 is 24.8 Å². The van der Waals surface area contributed by atoms with E-state index in [1.807, 2.05) is 42.5 Å². The van der Waals surface area contributed by atoms with E-state index in [-0.39, 0.29) is 25.5 Å². The number of nitrogens with zero attached hydrogens (tertiary/aromatic N) is 4. The van der Waals surface area contributed by atoms with Crippen molar-refractivity contribution in [2.45, 2.75) is 13.0 Å². The Morgan fingerprint density at radius 1 is 1.06 bits per heavy atom. The van der Waals surface area contributed by atoms with E-state index in [9.17, 15) is 4.79 Å². The zero-order valence-electron chi connectivity index (χ0n) is 19.7. The number of carbonyl (C=O) groups excluding carboxylic acids is 1. The quantitative estimate of drug-likeness (QED) is 0.310. The fourth-order valence-corrected chi connectivity index (χ4v) is 3.70. The summed E-state index contributed by atoms with van der Waals surface area (Å²) in [6, 6.07) is 16.6. The largest absolute Gasteiger partial charge is 0.491 e. The lowest BCUT2D eigenvalue weighted by Gasteiger charge is -2.18. The van der Waals surface area contributed by atoms with E-state index in [1.165, 1.54) is 11.2 Å². The van der Waals surface area contributed by atoms with Crippen LogP contribution in [0.15, 0.2) is 67.1 Å². The first-order valence-corrected chi connectivity index (χ1v) is 11.7. The van der Waals surface area contributed by atoms with Crippen LogP contribution in [0.3, 0.4) is 0 Å². The van der Waals surface area contributed by atoms with Gasteiger partial charge in [0, 0.05) is 25.4 Å². The zero-order valence-corrected chi connectivity index (χ0v) is 20.5. The summed E-state index contributed by atoms with van der Waals surface area (Å²) in [7, 11) is 1.67. The summed E-state index contributed by atoms with van der Waals surface area (Å²) in [6.45, 7) is 0.781. The maximum atomic E-state index is 11.9. The van der Waals surface area contributed by atoms with Crippen LogP contribution in [0.2, 0.25) is 5.02 Å². The minimum atomic E-state index is -0.179.